The molecule has 31 heavy (non-hydrogen) atoms. The van der Waals surface area contributed by atoms with E-state index >= 15 is 0 Å². The fraction of sp³-hybridized carbons (Fsp3) is 0.450. The van der Waals surface area contributed by atoms with Gasteiger partial charge < -0.3 is 31.3 Å². The zero-order valence-electron chi connectivity index (χ0n) is 17.6. The number of nitrogen functional groups attached to an aromatic ring is 1. The highest BCUT2D eigenvalue weighted by Gasteiger charge is 2.31. The Morgan fingerprint density at radius 2 is 2.06 bits per heavy atom. The van der Waals surface area contributed by atoms with Crippen molar-refractivity contribution in [2.75, 3.05) is 51.4 Å². The second-order valence-electron chi connectivity index (χ2n) is 7.02. The molecule has 2 aromatic rings. The standard InChI is InChI=1S/C20H27ClN6O3.H2O/c1-29-17-11-15(22)14(21)10-13(17)19(28)26-16-4-8-27(12-18(16)30-2)9-7-25-20-23-5-3-6-24-20;/h3,5-6,10-11,16,18H,4,7-9,12,22H2,1-2H3,(H,26,28)(H,23,24,25);1H2/t16-,18+;/m1./s1. The number of anilines is 2. The molecule has 6 N–H and O–H groups in total. The van der Waals surface area contributed by atoms with E-state index in [1.165, 1.54) is 13.2 Å². The molecule has 0 aliphatic carbocycles. The van der Waals surface area contributed by atoms with Gasteiger partial charge in [0.25, 0.3) is 5.91 Å². The molecular formula is C20H29ClN6O4. The second-order valence-corrected chi connectivity index (χ2v) is 7.42. The number of likely N-dealkylation sites (tertiary alicyclic amines) is 1. The topological polar surface area (TPSA) is 146 Å². The van der Waals surface area contributed by atoms with Crippen molar-refractivity contribution < 1.29 is 19.7 Å². The van der Waals surface area contributed by atoms with Crippen LogP contribution in [0.5, 0.6) is 5.75 Å². The van der Waals surface area contributed by atoms with Crippen LogP contribution in [0.1, 0.15) is 16.8 Å². The number of piperidine rings is 1. The number of aromatic nitrogens is 2. The molecule has 0 unspecified atom stereocenters. The molecule has 2 atom stereocenters. The van der Waals surface area contributed by atoms with Crippen LogP contribution in [-0.4, -0.2) is 78.8 Å². The van der Waals surface area contributed by atoms with Crippen molar-refractivity contribution in [2.24, 2.45) is 0 Å². The molecule has 3 rings (SSSR count). The number of nitrogens with two attached hydrogens (primary N) is 1. The van der Waals surface area contributed by atoms with E-state index in [9.17, 15) is 4.79 Å². The smallest absolute Gasteiger partial charge is 0.255 e. The normalized spacial score (nSPS) is 18.7. The lowest BCUT2D eigenvalue weighted by molar-refractivity contribution is 0.00762. The summed E-state index contributed by atoms with van der Waals surface area (Å²) in [6.07, 6.45) is 4.03. The van der Waals surface area contributed by atoms with Crippen LogP contribution in [0, 0.1) is 0 Å². The lowest BCUT2D eigenvalue weighted by Crippen LogP contribution is -2.55. The average molecular weight is 453 g/mol. The number of amides is 1. The number of hydrogen-bond donors (Lipinski definition) is 3. The van der Waals surface area contributed by atoms with Crippen LogP contribution in [0.25, 0.3) is 0 Å². The summed E-state index contributed by atoms with van der Waals surface area (Å²) in [7, 11) is 3.15. The summed E-state index contributed by atoms with van der Waals surface area (Å²) >= 11 is 6.09. The molecule has 1 aromatic heterocycles. The molecule has 11 heteroatoms. The van der Waals surface area contributed by atoms with E-state index in [0.29, 0.717) is 34.5 Å². The molecule has 1 saturated heterocycles. The van der Waals surface area contributed by atoms with Crippen LogP contribution in [-0.2, 0) is 4.74 Å². The average Bonchev–Trinajstić information content (AvgIpc) is 2.76. The SMILES string of the molecule is COc1cc(N)c(Cl)cc1C(=O)N[C@@H]1CCN(CCNc2ncccn2)C[C@@H]1OC.O. The molecule has 0 spiro atoms. The zero-order chi connectivity index (χ0) is 21.5. The van der Waals surface area contributed by atoms with Crippen molar-refractivity contribution >= 4 is 29.1 Å². The number of hydrogen-bond acceptors (Lipinski definition) is 8. The summed E-state index contributed by atoms with van der Waals surface area (Å²) < 4.78 is 10.9. The number of carbonyl (C=O) groups is 1. The van der Waals surface area contributed by atoms with Gasteiger partial charge in [0.05, 0.1) is 35.5 Å². The molecule has 1 amide bonds. The number of nitrogens with one attached hydrogen (secondary N) is 2. The molecular weight excluding hydrogens is 424 g/mol. The Morgan fingerprint density at radius 1 is 1.32 bits per heavy atom. The summed E-state index contributed by atoms with van der Waals surface area (Å²) in [4.78, 5) is 23.4. The predicted octanol–water partition coefficient (Wildman–Crippen LogP) is 0.827. The Morgan fingerprint density at radius 3 is 2.74 bits per heavy atom. The Kier molecular flexibility index (Phi) is 9.25. The van der Waals surface area contributed by atoms with Gasteiger partial charge in [0, 0.05) is 51.7 Å². The molecule has 2 heterocycles. The maximum Gasteiger partial charge on any atom is 0.255 e. The number of carbonyl (C=O) groups excluding carboxylic acids is 1. The first-order valence-electron chi connectivity index (χ1n) is 9.71. The van der Waals surface area contributed by atoms with Gasteiger partial charge in [0.1, 0.15) is 5.75 Å². The van der Waals surface area contributed by atoms with E-state index in [1.807, 2.05) is 0 Å². The molecule has 0 saturated carbocycles. The minimum atomic E-state index is -0.267. The summed E-state index contributed by atoms with van der Waals surface area (Å²) in [6, 6.07) is 4.74. The van der Waals surface area contributed by atoms with Gasteiger partial charge in [-0.1, -0.05) is 11.6 Å². The first-order valence-corrected chi connectivity index (χ1v) is 10.1. The third kappa shape index (κ3) is 6.41. The first kappa shape index (κ1) is 24.6. The van der Waals surface area contributed by atoms with Crippen molar-refractivity contribution in [1.29, 1.82) is 0 Å². The lowest BCUT2D eigenvalue weighted by Gasteiger charge is -2.38. The number of methoxy groups -OCH3 is 2. The maximum absolute atomic E-state index is 12.8. The van der Waals surface area contributed by atoms with E-state index in [1.54, 1.807) is 31.6 Å². The van der Waals surface area contributed by atoms with E-state index in [-0.39, 0.29) is 23.5 Å². The summed E-state index contributed by atoms with van der Waals surface area (Å²) in [5.74, 6) is 0.728. The minimum absolute atomic E-state index is 0. The molecule has 10 nitrogen and oxygen atoms in total. The lowest BCUT2D eigenvalue weighted by atomic mass is 10.0. The quantitative estimate of drug-likeness (QED) is 0.499. The van der Waals surface area contributed by atoms with E-state index in [0.717, 1.165) is 26.1 Å². The van der Waals surface area contributed by atoms with Crippen molar-refractivity contribution in [1.82, 2.24) is 20.2 Å². The highest BCUT2D eigenvalue weighted by atomic mass is 35.5. The fourth-order valence-corrected chi connectivity index (χ4v) is 3.63. The summed E-state index contributed by atoms with van der Waals surface area (Å²) in [6.45, 7) is 3.08. The Labute approximate surface area is 186 Å². The van der Waals surface area contributed by atoms with Gasteiger partial charge >= 0.3 is 0 Å². The molecule has 1 aliphatic heterocycles. The maximum atomic E-state index is 12.8. The predicted molar refractivity (Wildman–Crippen MR) is 120 cm³/mol. The molecule has 170 valence electrons. The van der Waals surface area contributed by atoms with E-state index in [4.69, 9.17) is 26.8 Å². The van der Waals surface area contributed by atoms with Crippen LogP contribution in [0.4, 0.5) is 11.6 Å². The molecule has 1 aromatic carbocycles. The molecule has 1 aliphatic rings. The monoisotopic (exact) mass is 452 g/mol. The highest BCUT2D eigenvalue weighted by Crippen LogP contribution is 2.29. The van der Waals surface area contributed by atoms with Gasteiger partial charge in [-0.05, 0) is 18.6 Å². The summed E-state index contributed by atoms with van der Waals surface area (Å²) in [5.41, 5.74) is 6.52. The fourth-order valence-electron chi connectivity index (χ4n) is 3.47. The molecule has 1 fully saturated rings. The van der Waals surface area contributed by atoms with Crippen LogP contribution in [0.3, 0.4) is 0 Å². The number of benzene rings is 1. The van der Waals surface area contributed by atoms with Gasteiger partial charge in [-0.15, -0.1) is 0 Å². The van der Waals surface area contributed by atoms with Crippen LogP contribution >= 0.6 is 11.6 Å². The third-order valence-electron chi connectivity index (χ3n) is 5.10. The first-order chi connectivity index (χ1) is 14.5. The van der Waals surface area contributed by atoms with Crippen LogP contribution in [0.2, 0.25) is 5.02 Å². The Balaban J connectivity index is 0.00000341. The van der Waals surface area contributed by atoms with Crippen molar-refractivity contribution in [2.45, 2.75) is 18.6 Å². The molecule has 0 radical (unpaired) electrons. The third-order valence-corrected chi connectivity index (χ3v) is 5.43. The number of rotatable bonds is 8. The largest absolute Gasteiger partial charge is 0.496 e. The molecule has 0 bridgehead atoms. The second kappa shape index (κ2) is 11.7. The zero-order valence-corrected chi connectivity index (χ0v) is 18.4. The van der Waals surface area contributed by atoms with Gasteiger partial charge in [0.15, 0.2) is 0 Å². The minimum Gasteiger partial charge on any atom is -0.496 e. The van der Waals surface area contributed by atoms with Crippen molar-refractivity contribution in [3.8, 4) is 5.75 Å². The number of halogens is 1. The van der Waals surface area contributed by atoms with Gasteiger partial charge in [-0.3, -0.25) is 9.69 Å². The van der Waals surface area contributed by atoms with Crippen LogP contribution in [0.15, 0.2) is 30.6 Å². The highest BCUT2D eigenvalue weighted by molar-refractivity contribution is 6.33. The van der Waals surface area contributed by atoms with Crippen LogP contribution < -0.4 is 21.1 Å². The number of nitrogens with zero attached hydrogens (tertiary/aromatic N) is 3. The van der Waals surface area contributed by atoms with Crippen molar-refractivity contribution in [3.05, 3.63) is 41.2 Å². The number of ether oxygens (including phenoxy) is 2. The summed E-state index contributed by atoms with van der Waals surface area (Å²) in [5, 5.41) is 6.57. The Hall–Kier alpha value is -2.66. The van der Waals surface area contributed by atoms with Gasteiger partial charge in [0.2, 0.25) is 5.95 Å². The Bertz CT molecular complexity index is 857. The van der Waals surface area contributed by atoms with Gasteiger partial charge in [-0.25, -0.2) is 9.97 Å². The van der Waals surface area contributed by atoms with Gasteiger partial charge in [-0.2, -0.15) is 0 Å². The van der Waals surface area contributed by atoms with E-state index < -0.39 is 0 Å². The van der Waals surface area contributed by atoms with E-state index in [2.05, 4.69) is 25.5 Å². The van der Waals surface area contributed by atoms with Crippen molar-refractivity contribution in [3.63, 3.8) is 0 Å².